The van der Waals surface area contributed by atoms with E-state index in [1.807, 2.05) is 0 Å². The van der Waals surface area contributed by atoms with Crippen molar-refractivity contribution in [1.29, 1.82) is 0 Å². The molecule has 6 nitrogen and oxygen atoms in total. The minimum absolute atomic E-state index is 0.545. The SMILES string of the molecule is COn1ncn2c(N)cnc12. The Hall–Kier alpha value is -1.72. The van der Waals surface area contributed by atoms with Crippen LogP contribution in [0, 0.1) is 0 Å². The summed E-state index contributed by atoms with van der Waals surface area (Å²) < 4.78 is 1.63. The summed E-state index contributed by atoms with van der Waals surface area (Å²) in [6.07, 6.45) is 3.09. The monoisotopic (exact) mass is 153 g/mol. The van der Waals surface area contributed by atoms with E-state index in [0.717, 1.165) is 0 Å². The van der Waals surface area contributed by atoms with Gasteiger partial charge in [0.05, 0.1) is 6.20 Å². The lowest BCUT2D eigenvalue weighted by molar-refractivity contribution is 0.143. The van der Waals surface area contributed by atoms with Gasteiger partial charge in [0, 0.05) is 0 Å². The van der Waals surface area contributed by atoms with E-state index in [1.165, 1.54) is 12.0 Å². The first kappa shape index (κ1) is 6.02. The first-order valence-electron chi connectivity index (χ1n) is 3.04. The zero-order valence-corrected chi connectivity index (χ0v) is 5.93. The molecule has 0 unspecified atom stereocenters. The fourth-order valence-electron chi connectivity index (χ4n) is 0.903. The van der Waals surface area contributed by atoms with Crippen LogP contribution in [0.1, 0.15) is 0 Å². The van der Waals surface area contributed by atoms with Crippen LogP contribution in [0.5, 0.6) is 0 Å². The highest BCUT2D eigenvalue weighted by molar-refractivity contribution is 5.40. The van der Waals surface area contributed by atoms with Crippen molar-refractivity contribution < 1.29 is 4.84 Å². The van der Waals surface area contributed by atoms with Gasteiger partial charge >= 0.3 is 0 Å². The van der Waals surface area contributed by atoms with Crippen molar-refractivity contribution in [3.63, 3.8) is 0 Å². The molecule has 0 amide bonds. The number of imidazole rings is 1. The first-order valence-corrected chi connectivity index (χ1v) is 3.04. The summed E-state index contributed by atoms with van der Waals surface area (Å²) in [5.41, 5.74) is 5.54. The second-order valence-electron chi connectivity index (χ2n) is 2.04. The molecule has 2 heterocycles. The second kappa shape index (κ2) is 1.88. The van der Waals surface area contributed by atoms with E-state index >= 15 is 0 Å². The quantitative estimate of drug-likeness (QED) is 0.580. The molecule has 2 N–H and O–H groups in total. The minimum Gasteiger partial charge on any atom is -0.397 e. The van der Waals surface area contributed by atoms with E-state index in [2.05, 4.69) is 10.1 Å². The fraction of sp³-hybridized carbons (Fsp3) is 0.200. The lowest BCUT2D eigenvalue weighted by atomic mass is 10.8. The third kappa shape index (κ3) is 0.658. The normalized spacial score (nSPS) is 10.6. The Morgan fingerprint density at radius 3 is 3.18 bits per heavy atom. The third-order valence-electron chi connectivity index (χ3n) is 1.42. The Labute approximate surface area is 62.1 Å². The van der Waals surface area contributed by atoms with Crippen molar-refractivity contribution in [3.8, 4) is 0 Å². The molecule has 2 aromatic heterocycles. The maximum atomic E-state index is 5.54. The summed E-state index contributed by atoms with van der Waals surface area (Å²) in [5.74, 6) is 1.12. The number of fused-ring (bicyclic) bond motifs is 1. The van der Waals surface area contributed by atoms with Crippen molar-refractivity contribution in [1.82, 2.24) is 19.3 Å². The second-order valence-corrected chi connectivity index (χ2v) is 2.04. The molecule has 0 fully saturated rings. The molecule has 0 bridgehead atoms. The molecule has 0 aromatic carbocycles. The molecular weight excluding hydrogens is 146 g/mol. The smallest absolute Gasteiger partial charge is 0.272 e. The lowest BCUT2D eigenvalue weighted by Crippen LogP contribution is -2.07. The highest BCUT2D eigenvalue weighted by Crippen LogP contribution is 2.04. The van der Waals surface area contributed by atoms with Crippen LogP contribution in [0.15, 0.2) is 12.5 Å². The average molecular weight is 153 g/mol. The summed E-state index contributed by atoms with van der Waals surface area (Å²) in [6.45, 7) is 0. The number of nitrogens with two attached hydrogens (primary N) is 1. The van der Waals surface area contributed by atoms with Crippen molar-refractivity contribution in [2.75, 3.05) is 12.8 Å². The van der Waals surface area contributed by atoms with Gasteiger partial charge in [-0.25, -0.2) is 9.38 Å². The van der Waals surface area contributed by atoms with Crippen LogP contribution >= 0.6 is 0 Å². The number of hydrogen-bond acceptors (Lipinski definition) is 4. The van der Waals surface area contributed by atoms with E-state index in [4.69, 9.17) is 10.6 Å². The zero-order chi connectivity index (χ0) is 7.84. The maximum Gasteiger partial charge on any atom is 0.272 e. The van der Waals surface area contributed by atoms with Crippen LogP contribution in [0.25, 0.3) is 5.78 Å². The van der Waals surface area contributed by atoms with Crippen LogP contribution in [-0.4, -0.2) is 26.4 Å². The molecule has 0 aliphatic carbocycles. The first-order chi connectivity index (χ1) is 5.33. The molecule has 0 radical (unpaired) electrons. The van der Waals surface area contributed by atoms with Gasteiger partial charge in [0.25, 0.3) is 5.78 Å². The van der Waals surface area contributed by atoms with Crippen LogP contribution in [0.3, 0.4) is 0 Å². The van der Waals surface area contributed by atoms with E-state index < -0.39 is 0 Å². The summed E-state index contributed by atoms with van der Waals surface area (Å²) >= 11 is 0. The summed E-state index contributed by atoms with van der Waals surface area (Å²) in [4.78, 5) is 10.1. The third-order valence-corrected chi connectivity index (χ3v) is 1.42. The van der Waals surface area contributed by atoms with Gasteiger partial charge in [0.1, 0.15) is 19.3 Å². The zero-order valence-electron chi connectivity index (χ0n) is 5.93. The van der Waals surface area contributed by atoms with Gasteiger partial charge in [0.15, 0.2) is 0 Å². The molecule has 0 saturated heterocycles. The highest BCUT2D eigenvalue weighted by atomic mass is 16.7. The fourth-order valence-corrected chi connectivity index (χ4v) is 0.903. The number of hydrogen-bond donors (Lipinski definition) is 1. The molecule has 0 saturated carbocycles. The van der Waals surface area contributed by atoms with Gasteiger partial charge in [0.2, 0.25) is 0 Å². The maximum absolute atomic E-state index is 5.54. The predicted octanol–water partition coefficient (Wildman–Crippen LogP) is -0.829. The minimum atomic E-state index is 0.545. The van der Waals surface area contributed by atoms with Crippen LogP contribution in [0.4, 0.5) is 5.82 Å². The van der Waals surface area contributed by atoms with Crippen molar-refractivity contribution >= 4 is 11.6 Å². The Morgan fingerprint density at radius 1 is 1.64 bits per heavy atom. The lowest BCUT2D eigenvalue weighted by Gasteiger charge is -1.93. The topological polar surface area (TPSA) is 70.4 Å². The number of rotatable bonds is 1. The Kier molecular flexibility index (Phi) is 1.03. The van der Waals surface area contributed by atoms with Gasteiger partial charge in [-0.15, -0.1) is 5.10 Å². The molecule has 2 rings (SSSR count). The number of aromatic nitrogens is 4. The van der Waals surface area contributed by atoms with E-state index in [9.17, 15) is 0 Å². The molecular formula is C5H7N5O. The Morgan fingerprint density at radius 2 is 2.45 bits per heavy atom. The highest BCUT2D eigenvalue weighted by Gasteiger charge is 2.05. The number of nitrogens with zero attached hydrogens (tertiary/aromatic N) is 4. The largest absolute Gasteiger partial charge is 0.397 e. The van der Waals surface area contributed by atoms with Crippen LogP contribution < -0.4 is 10.6 Å². The van der Waals surface area contributed by atoms with Crippen LogP contribution in [0.2, 0.25) is 0 Å². The van der Waals surface area contributed by atoms with Gasteiger partial charge < -0.3 is 10.6 Å². The standard InChI is InChI=1S/C5H7N5O/c1-11-10-5-7-2-4(6)9(5)3-8-10/h2-3H,6H2,1H3. The number of anilines is 1. The van der Waals surface area contributed by atoms with E-state index in [0.29, 0.717) is 11.6 Å². The van der Waals surface area contributed by atoms with E-state index in [1.54, 1.807) is 16.9 Å². The van der Waals surface area contributed by atoms with Gasteiger partial charge in [-0.3, -0.25) is 0 Å². The van der Waals surface area contributed by atoms with Gasteiger partial charge in [-0.1, -0.05) is 4.85 Å². The van der Waals surface area contributed by atoms with Gasteiger partial charge in [-0.05, 0) is 0 Å². The molecule has 6 heteroatoms. The summed E-state index contributed by atoms with van der Waals surface area (Å²) in [6, 6.07) is 0. The molecule has 58 valence electrons. The molecule has 0 spiro atoms. The Balaban J connectivity index is 2.77. The van der Waals surface area contributed by atoms with Gasteiger partial charge in [-0.2, -0.15) is 0 Å². The predicted molar refractivity (Wildman–Crippen MR) is 37.9 cm³/mol. The average Bonchev–Trinajstić information content (AvgIpc) is 2.53. The molecule has 11 heavy (non-hydrogen) atoms. The van der Waals surface area contributed by atoms with Crippen molar-refractivity contribution in [3.05, 3.63) is 12.5 Å². The molecule has 0 aliphatic heterocycles. The van der Waals surface area contributed by atoms with Crippen LogP contribution in [-0.2, 0) is 0 Å². The number of nitrogen functional groups attached to an aromatic ring is 1. The molecule has 0 aliphatic rings. The Bertz CT molecular complexity index is 375. The van der Waals surface area contributed by atoms with E-state index in [-0.39, 0.29) is 0 Å². The van der Waals surface area contributed by atoms with Crippen molar-refractivity contribution in [2.24, 2.45) is 0 Å². The molecule has 0 atom stereocenters. The molecule has 2 aromatic rings. The van der Waals surface area contributed by atoms with Crippen molar-refractivity contribution in [2.45, 2.75) is 0 Å². The summed E-state index contributed by atoms with van der Waals surface area (Å²) in [7, 11) is 1.51. The summed E-state index contributed by atoms with van der Waals surface area (Å²) in [5, 5.41) is 3.85.